The molecule has 0 unspecified atom stereocenters. The van der Waals surface area contributed by atoms with E-state index in [0.29, 0.717) is 29.1 Å². The van der Waals surface area contributed by atoms with E-state index in [2.05, 4.69) is 36.2 Å². The number of carbonyl (C=O) groups excluding carboxylic acids is 3. The minimum atomic E-state index is -4.51. The van der Waals surface area contributed by atoms with E-state index in [0.717, 1.165) is 34.0 Å². The number of thiazole rings is 1. The molecule has 1 aliphatic heterocycles. The maximum atomic E-state index is 14.1. The second-order valence-electron chi connectivity index (χ2n) is 16.4. The molecule has 0 saturated carbocycles. The van der Waals surface area contributed by atoms with Crippen molar-refractivity contribution in [1.82, 2.24) is 40.4 Å². The number of halogens is 3. The van der Waals surface area contributed by atoms with Gasteiger partial charge in [-0.05, 0) is 60.7 Å². The molecule has 3 aromatic heterocycles. The summed E-state index contributed by atoms with van der Waals surface area (Å²) in [5, 5.41) is 22.8. The molecule has 3 amide bonds. The lowest BCUT2D eigenvalue weighted by Crippen LogP contribution is -2.57. The summed E-state index contributed by atoms with van der Waals surface area (Å²) in [5.41, 5.74) is 5.21. The molecule has 1 aliphatic rings. The van der Waals surface area contributed by atoms with E-state index in [4.69, 9.17) is 4.74 Å². The second kappa shape index (κ2) is 19.6. The number of pyridine rings is 1. The summed E-state index contributed by atoms with van der Waals surface area (Å²) in [5.74, 6) is -0.813. The lowest BCUT2D eigenvalue weighted by Gasteiger charge is -2.35. The van der Waals surface area contributed by atoms with Crippen LogP contribution >= 0.6 is 11.3 Å². The quantitative estimate of drug-likeness (QED) is 0.0712. The van der Waals surface area contributed by atoms with E-state index < -0.39 is 35.3 Å². The first-order valence-corrected chi connectivity index (χ1v) is 21.1. The third kappa shape index (κ3) is 11.4. The molecule has 18 heteroatoms. The Kier molecular flexibility index (Phi) is 14.5. The third-order valence-corrected chi connectivity index (χ3v) is 11.5. The zero-order valence-corrected chi connectivity index (χ0v) is 36.2. The average Bonchev–Trinajstić information content (AvgIpc) is 3.97. The van der Waals surface area contributed by atoms with Gasteiger partial charge < -0.3 is 40.6 Å². The number of nitrogens with zero attached hydrogens (tertiary/aromatic N) is 5. The summed E-state index contributed by atoms with van der Waals surface area (Å²) in [7, 11) is 1.79. The number of aliphatic hydroxyl groups excluding tert-OH is 1. The van der Waals surface area contributed by atoms with Crippen molar-refractivity contribution in [3.8, 4) is 21.7 Å². The standard InChI is InChI=1S/C44H52F3N9O5S/c1-26(28-7-9-29(10-8-28)38-27(2)52-25-62-38)53-41(59)36-20-32(57)22-56(36)42(60)39(43(3,4)5)48-15-17-61-18-16-49-40(58)30-11-13-34(33(19-30)35-23-55(6)24-51-35)54-37-14-12-31(21-50-37)44(45,46)47/h7-14,19,21,23-26,32,36,39,48,57H,15-18,20,22H2,1-6H3,(H,49,58)(H,50,54)(H,53,59)/t26-,32+,36-,39+/m0/s1. The number of likely N-dealkylation sites (tertiary alicyclic amines) is 1. The highest BCUT2D eigenvalue weighted by Gasteiger charge is 2.44. The van der Waals surface area contributed by atoms with Crippen molar-refractivity contribution in [3.63, 3.8) is 0 Å². The molecule has 2 aromatic carbocycles. The van der Waals surface area contributed by atoms with Crippen LogP contribution in [0.5, 0.6) is 0 Å². The van der Waals surface area contributed by atoms with Gasteiger partial charge in [-0.3, -0.25) is 14.4 Å². The van der Waals surface area contributed by atoms with E-state index in [1.165, 1.54) is 11.0 Å². The lowest BCUT2D eigenvalue weighted by molar-refractivity contribution is -0.142. The Balaban J connectivity index is 0.987. The first kappa shape index (κ1) is 45.8. The zero-order chi connectivity index (χ0) is 44.8. The van der Waals surface area contributed by atoms with Crippen LogP contribution < -0.4 is 21.3 Å². The van der Waals surface area contributed by atoms with Crippen molar-refractivity contribution in [2.24, 2.45) is 12.5 Å². The van der Waals surface area contributed by atoms with Crippen molar-refractivity contribution >= 4 is 40.6 Å². The lowest BCUT2D eigenvalue weighted by atomic mass is 9.85. The number of aryl methyl sites for hydroxylation is 2. The molecular weight excluding hydrogens is 824 g/mol. The monoisotopic (exact) mass is 875 g/mol. The summed E-state index contributed by atoms with van der Waals surface area (Å²) >= 11 is 1.57. The molecule has 330 valence electrons. The van der Waals surface area contributed by atoms with Gasteiger partial charge in [0.2, 0.25) is 11.8 Å². The summed E-state index contributed by atoms with van der Waals surface area (Å²) in [6, 6.07) is 13.1. The normalized spacial score (nSPS) is 16.5. The molecular formula is C44H52F3N9O5S. The highest BCUT2D eigenvalue weighted by atomic mass is 32.1. The Morgan fingerprint density at radius 2 is 1.74 bits per heavy atom. The molecule has 0 spiro atoms. The molecule has 6 rings (SSSR count). The molecule has 5 N–H and O–H groups in total. The smallest absolute Gasteiger partial charge is 0.391 e. The number of benzene rings is 2. The number of ether oxygens (including phenoxy) is 1. The van der Waals surface area contributed by atoms with Crippen LogP contribution in [-0.4, -0.2) is 98.3 Å². The van der Waals surface area contributed by atoms with Crippen molar-refractivity contribution < 1.29 is 37.4 Å². The van der Waals surface area contributed by atoms with Crippen molar-refractivity contribution in [1.29, 1.82) is 0 Å². The Labute approximate surface area is 362 Å². The van der Waals surface area contributed by atoms with E-state index in [9.17, 15) is 32.7 Å². The van der Waals surface area contributed by atoms with Gasteiger partial charge in [-0.1, -0.05) is 45.0 Å². The van der Waals surface area contributed by atoms with Gasteiger partial charge in [0.15, 0.2) is 0 Å². The second-order valence-corrected chi connectivity index (χ2v) is 17.2. The Morgan fingerprint density at radius 3 is 2.37 bits per heavy atom. The number of alkyl halides is 3. The molecule has 1 saturated heterocycles. The number of aromatic nitrogens is 4. The minimum Gasteiger partial charge on any atom is -0.391 e. The Bertz CT molecular complexity index is 2330. The predicted octanol–water partition coefficient (Wildman–Crippen LogP) is 6.27. The largest absolute Gasteiger partial charge is 0.417 e. The fraction of sp³-hybridized carbons (Fsp3) is 0.409. The zero-order valence-electron chi connectivity index (χ0n) is 35.4. The predicted molar refractivity (Wildman–Crippen MR) is 231 cm³/mol. The maximum absolute atomic E-state index is 14.1. The van der Waals surface area contributed by atoms with Gasteiger partial charge >= 0.3 is 6.18 Å². The molecule has 14 nitrogen and oxygen atoms in total. The van der Waals surface area contributed by atoms with Crippen LogP contribution in [0, 0.1) is 12.3 Å². The number of nitrogens with one attached hydrogen (secondary N) is 4. The van der Waals surface area contributed by atoms with E-state index in [1.54, 1.807) is 53.7 Å². The van der Waals surface area contributed by atoms with Crippen LogP contribution in [-0.2, 0) is 27.5 Å². The van der Waals surface area contributed by atoms with Gasteiger partial charge in [0.25, 0.3) is 5.91 Å². The summed E-state index contributed by atoms with van der Waals surface area (Å²) < 4.78 is 46.7. The number of anilines is 2. The van der Waals surface area contributed by atoms with E-state index in [-0.39, 0.29) is 62.3 Å². The molecule has 4 atom stereocenters. The fourth-order valence-electron chi connectivity index (χ4n) is 7.18. The van der Waals surface area contributed by atoms with Crippen molar-refractivity contribution in [2.75, 3.05) is 38.2 Å². The number of aliphatic hydroxyl groups is 1. The molecule has 62 heavy (non-hydrogen) atoms. The van der Waals surface area contributed by atoms with Crippen LogP contribution in [0.3, 0.4) is 0 Å². The van der Waals surface area contributed by atoms with Gasteiger partial charge in [0.1, 0.15) is 11.9 Å². The number of rotatable bonds is 16. The van der Waals surface area contributed by atoms with Crippen molar-refractivity contribution in [2.45, 2.75) is 71.4 Å². The number of β-amino-alcohol motifs (C(OH)–C–C–N with tert-alkyl or cyclic N) is 1. The number of hydrogen-bond donors (Lipinski definition) is 5. The molecule has 1 fully saturated rings. The maximum Gasteiger partial charge on any atom is 0.417 e. The van der Waals surface area contributed by atoms with Gasteiger partial charge in [-0.25, -0.2) is 15.0 Å². The Hall–Kier alpha value is -5.69. The van der Waals surface area contributed by atoms with Crippen LogP contribution in [0.1, 0.15) is 67.3 Å². The minimum absolute atomic E-state index is 0.0393. The van der Waals surface area contributed by atoms with E-state index >= 15 is 0 Å². The van der Waals surface area contributed by atoms with Crippen LogP contribution in [0.4, 0.5) is 24.7 Å². The van der Waals surface area contributed by atoms with Crippen LogP contribution in [0.2, 0.25) is 0 Å². The topological polar surface area (TPSA) is 176 Å². The summed E-state index contributed by atoms with van der Waals surface area (Å²) in [6.07, 6.45) is -1.13. The first-order valence-electron chi connectivity index (χ1n) is 20.2. The first-order chi connectivity index (χ1) is 29.4. The van der Waals surface area contributed by atoms with Crippen molar-refractivity contribution in [3.05, 3.63) is 101 Å². The fourth-order valence-corrected chi connectivity index (χ4v) is 7.99. The SMILES string of the molecule is Cc1ncsc1-c1ccc([C@H](C)NC(=O)[C@@H]2C[C@@H](O)CN2C(=O)[C@@H](NCCOCCNC(=O)c2ccc(Nc3ccc(C(F)(F)F)cn3)c(-c3cn(C)cn3)c2)C(C)(C)C)cc1. The van der Waals surface area contributed by atoms with Gasteiger partial charge in [0, 0.05) is 62.3 Å². The van der Waals surface area contributed by atoms with Gasteiger partial charge in [-0.2, -0.15) is 13.2 Å². The third-order valence-electron chi connectivity index (χ3n) is 10.5. The van der Waals surface area contributed by atoms with Gasteiger partial charge in [0.05, 0.1) is 65.1 Å². The summed E-state index contributed by atoms with van der Waals surface area (Å²) in [4.78, 5) is 56.0. The van der Waals surface area contributed by atoms with Gasteiger partial charge in [-0.15, -0.1) is 11.3 Å². The summed E-state index contributed by atoms with van der Waals surface area (Å²) in [6.45, 7) is 10.6. The highest BCUT2D eigenvalue weighted by molar-refractivity contribution is 7.13. The molecule has 0 radical (unpaired) electrons. The number of amides is 3. The number of hydrogen-bond acceptors (Lipinski definition) is 11. The number of carbonyl (C=O) groups is 3. The highest BCUT2D eigenvalue weighted by Crippen LogP contribution is 2.33. The van der Waals surface area contributed by atoms with Crippen LogP contribution in [0.15, 0.2) is 78.8 Å². The molecule has 5 aromatic rings. The molecule has 0 bridgehead atoms. The Morgan fingerprint density at radius 1 is 1.00 bits per heavy atom. The number of imidazole rings is 1. The van der Waals surface area contributed by atoms with Crippen LogP contribution in [0.25, 0.3) is 21.7 Å². The molecule has 4 heterocycles. The van der Waals surface area contributed by atoms with E-state index in [1.807, 2.05) is 64.4 Å². The average molecular weight is 876 g/mol. The molecule has 0 aliphatic carbocycles.